The van der Waals surface area contributed by atoms with E-state index >= 15 is 0 Å². The van der Waals surface area contributed by atoms with E-state index in [-0.39, 0.29) is 11.1 Å². The van der Waals surface area contributed by atoms with E-state index in [1.807, 2.05) is 0 Å². The maximum Gasteiger partial charge on any atom is 0.142 e. The Bertz CT molecular complexity index is 410. The fourth-order valence-electron chi connectivity index (χ4n) is 2.27. The molecular weight excluding hydrogens is 280 g/mol. The van der Waals surface area contributed by atoms with Gasteiger partial charge in [-0.1, -0.05) is 51.1 Å². The second kappa shape index (κ2) is 9.30. The largest absolute Gasteiger partial charge is 0.310 e. The minimum atomic E-state index is -0.556. The highest BCUT2D eigenvalue weighted by atomic mass is 35.5. The van der Waals surface area contributed by atoms with Gasteiger partial charge in [0.25, 0.3) is 0 Å². The first-order valence-corrected chi connectivity index (χ1v) is 7.85. The smallest absolute Gasteiger partial charge is 0.142 e. The van der Waals surface area contributed by atoms with Crippen molar-refractivity contribution in [1.82, 2.24) is 5.32 Å². The third kappa shape index (κ3) is 5.37. The third-order valence-corrected chi connectivity index (χ3v) is 3.69. The van der Waals surface area contributed by atoms with Gasteiger partial charge in [0.2, 0.25) is 0 Å². The Morgan fingerprint density at radius 1 is 1.05 bits per heavy atom. The summed E-state index contributed by atoms with van der Waals surface area (Å²) in [4.78, 5) is 0. The molecule has 0 saturated heterocycles. The number of nitrogens with one attached hydrogen (secondary N) is 1. The van der Waals surface area contributed by atoms with E-state index in [9.17, 15) is 8.78 Å². The second-order valence-corrected chi connectivity index (χ2v) is 5.55. The lowest BCUT2D eigenvalue weighted by Crippen LogP contribution is -2.23. The number of unbranched alkanes of at least 4 members (excludes halogenated alkanes) is 3. The van der Waals surface area contributed by atoms with Gasteiger partial charge in [-0.05, 0) is 31.5 Å². The van der Waals surface area contributed by atoms with Gasteiger partial charge in [0.15, 0.2) is 0 Å². The van der Waals surface area contributed by atoms with Gasteiger partial charge in [-0.25, -0.2) is 8.78 Å². The van der Waals surface area contributed by atoms with Crippen LogP contribution in [0.25, 0.3) is 0 Å². The van der Waals surface area contributed by atoms with Crippen molar-refractivity contribution in [2.24, 2.45) is 0 Å². The summed E-state index contributed by atoms with van der Waals surface area (Å²) in [6.07, 6.45) is 6.26. The first-order valence-electron chi connectivity index (χ1n) is 7.48. The molecule has 1 aromatic rings. The highest BCUT2D eigenvalue weighted by Gasteiger charge is 2.17. The molecule has 1 N–H and O–H groups in total. The molecule has 0 aliphatic rings. The Hall–Kier alpha value is -0.670. The average molecular weight is 304 g/mol. The number of rotatable bonds is 9. The highest BCUT2D eigenvalue weighted by Crippen LogP contribution is 2.27. The third-order valence-electron chi connectivity index (χ3n) is 3.40. The van der Waals surface area contributed by atoms with Crippen LogP contribution in [0.15, 0.2) is 12.1 Å². The van der Waals surface area contributed by atoms with Crippen molar-refractivity contribution < 1.29 is 8.78 Å². The summed E-state index contributed by atoms with van der Waals surface area (Å²) in [5, 5.41) is 3.14. The lowest BCUT2D eigenvalue weighted by molar-refractivity contribution is 0.448. The quantitative estimate of drug-likeness (QED) is 0.460. The Balaban J connectivity index is 2.78. The Kier molecular flexibility index (Phi) is 8.08. The van der Waals surface area contributed by atoms with Gasteiger partial charge in [0.05, 0.1) is 5.02 Å². The summed E-state index contributed by atoms with van der Waals surface area (Å²) in [6.45, 7) is 5.00. The zero-order valence-corrected chi connectivity index (χ0v) is 13.1. The van der Waals surface area contributed by atoms with E-state index in [1.54, 1.807) is 0 Å². The zero-order chi connectivity index (χ0) is 15.0. The van der Waals surface area contributed by atoms with Gasteiger partial charge in [0, 0.05) is 11.6 Å². The maximum absolute atomic E-state index is 14.0. The minimum absolute atomic E-state index is 0.140. The van der Waals surface area contributed by atoms with Crippen molar-refractivity contribution in [1.29, 1.82) is 0 Å². The molecule has 114 valence electrons. The van der Waals surface area contributed by atoms with E-state index in [0.717, 1.165) is 44.7 Å². The SMILES string of the molecule is CCCCCCC(NCCC)c1cc(F)c(Cl)cc1F. The van der Waals surface area contributed by atoms with Crippen molar-refractivity contribution in [2.45, 2.75) is 58.4 Å². The summed E-state index contributed by atoms with van der Waals surface area (Å²) >= 11 is 5.61. The van der Waals surface area contributed by atoms with Crippen LogP contribution in [-0.4, -0.2) is 6.54 Å². The topological polar surface area (TPSA) is 12.0 Å². The van der Waals surface area contributed by atoms with E-state index in [2.05, 4.69) is 19.2 Å². The van der Waals surface area contributed by atoms with Crippen LogP contribution in [0.4, 0.5) is 8.78 Å². The molecule has 1 aromatic carbocycles. The van der Waals surface area contributed by atoms with Crippen LogP contribution in [0.5, 0.6) is 0 Å². The van der Waals surface area contributed by atoms with Crippen LogP contribution in [0, 0.1) is 11.6 Å². The maximum atomic E-state index is 14.0. The van der Waals surface area contributed by atoms with Crippen molar-refractivity contribution >= 4 is 11.6 Å². The molecule has 1 atom stereocenters. The minimum Gasteiger partial charge on any atom is -0.310 e. The van der Waals surface area contributed by atoms with E-state index < -0.39 is 11.6 Å². The van der Waals surface area contributed by atoms with Crippen molar-refractivity contribution in [3.8, 4) is 0 Å². The van der Waals surface area contributed by atoms with Gasteiger partial charge >= 0.3 is 0 Å². The van der Waals surface area contributed by atoms with Gasteiger partial charge in [0.1, 0.15) is 11.6 Å². The molecule has 0 aliphatic heterocycles. The molecule has 0 amide bonds. The van der Waals surface area contributed by atoms with E-state index in [4.69, 9.17) is 11.6 Å². The van der Waals surface area contributed by atoms with Gasteiger partial charge in [-0.3, -0.25) is 0 Å². The summed E-state index contributed by atoms with van der Waals surface area (Å²) in [7, 11) is 0. The monoisotopic (exact) mass is 303 g/mol. The molecule has 1 unspecified atom stereocenters. The first kappa shape index (κ1) is 17.4. The predicted molar refractivity (Wildman–Crippen MR) is 81.2 cm³/mol. The molecule has 0 aromatic heterocycles. The summed E-state index contributed by atoms with van der Waals surface area (Å²) in [5.74, 6) is -0.986. The molecule has 0 fully saturated rings. The molecule has 0 bridgehead atoms. The molecule has 4 heteroatoms. The number of halogens is 3. The summed E-state index contributed by atoms with van der Waals surface area (Å²) in [5.41, 5.74) is 0.386. The number of benzene rings is 1. The van der Waals surface area contributed by atoms with Gasteiger partial charge in [-0.2, -0.15) is 0 Å². The molecule has 0 radical (unpaired) electrons. The molecule has 1 rings (SSSR count). The van der Waals surface area contributed by atoms with E-state index in [1.165, 1.54) is 12.5 Å². The predicted octanol–water partition coefficient (Wildman–Crippen LogP) is 5.63. The van der Waals surface area contributed by atoms with Crippen LogP contribution in [0.2, 0.25) is 5.02 Å². The zero-order valence-electron chi connectivity index (χ0n) is 12.3. The van der Waals surface area contributed by atoms with Gasteiger partial charge in [-0.15, -0.1) is 0 Å². The molecular formula is C16H24ClF2N. The molecule has 20 heavy (non-hydrogen) atoms. The average Bonchev–Trinajstić information content (AvgIpc) is 2.42. The Morgan fingerprint density at radius 3 is 2.45 bits per heavy atom. The molecule has 0 heterocycles. The molecule has 0 aliphatic carbocycles. The lowest BCUT2D eigenvalue weighted by atomic mass is 9.99. The van der Waals surface area contributed by atoms with Crippen molar-refractivity contribution in [3.05, 3.63) is 34.4 Å². The Morgan fingerprint density at radius 2 is 1.80 bits per heavy atom. The molecule has 1 nitrogen and oxygen atoms in total. The Labute approximate surface area is 125 Å². The fourth-order valence-corrected chi connectivity index (χ4v) is 2.42. The molecule has 0 spiro atoms. The molecule has 0 saturated carbocycles. The number of hydrogen-bond acceptors (Lipinski definition) is 1. The summed E-state index contributed by atoms with van der Waals surface area (Å²) < 4.78 is 27.6. The van der Waals surface area contributed by atoms with Crippen LogP contribution < -0.4 is 5.32 Å². The van der Waals surface area contributed by atoms with E-state index in [0.29, 0.717) is 5.56 Å². The van der Waals surface area contributed by atoms with Gasteiger partial charge < -0.3 is 5.32 Å². The number of hydrogen-bond donors (Lipinski definition) is 1. The fraction of sp³-hybridized carbons (Fsp3) is 0.625. The van der Waals surface area contributed by atoms with Crippen LogP contribution in [0.3, 0.4) is 0 Å². The lowest BCUT2D eigenvalue weighted by Gasteiger charge is -2.20. The van der Waals surface area contributed by atoms with Crippen LogP contribution >= 0.6 is 11.6 Å². The normalized spacial score (nSPS) is 12.7. The first-order chi connectivity index (χ1) is 9.60. The van der Waals surface area contributed by atoms with Crippen molar-refractivity contribution in [2.75, 3.05) is 6.54 Å². The second-order valence-electron chi connectivity index (χ2n) is 5.14. The van der Waals surface area contributed by atoms with Crippen molar-refractivity contribution in [3.63, 3.8) is 0 Å². The van der Waals surface area contributed by atoms with Crippen LogP contribution in [0.1, 0.15) is 64.0 Å². The van der Waals surface area contributed by atoms with Crippen LogP contribution in [-0.2, 0) is 0 Å². The standard InChI is InChI=1S/C16H24ClF2N/c1-3-5-6-7-8-16(20-9-4-2)12-10-15(19)13(17)11-14(12)18/h10-11,16,20H,3-9H2,1-2H3. The highest BCUT2D eigenvalue weighted by molar-refractivity contribution is 6.30. The summed E-state index contributed by atoms with van der Waals surface area (Å²) in [6, 6.07) is 2.16.